The Morgan fingerprint density at radius 1 is 0.230 bits per heavy atom. The molecule has 0 N–H and O–H groups in total. The standard InChI is InChI=1S/C70H49N3Si/c1-6-22-50(23-7-1)55-32-18-36-60(44-55)74(61-37-19-33-56(45-61)51-24-8-2-9-25-51,62-38-20-34-57(46-62)52-26-10-3-11-27-52)63-39-21-35-59(47-63)67-49-66(54-30-14-5-15-31-54)71-70(72-67)73-68-41-17-16-40-64(68)65-48-58(42-43-69(65)73)53-28-12-4-13-29-53/h1-49H. The van der Waals surface area contributed by atoms with Gasteiger partial charge in [0, 0.05) is 21.9 Å². The van der Waals surface area contributed by atoms with Crippen molar-refractivity contribution in [2.24, 2.45) is 0 Å². The molecule has 13 aromatic rings. The number of para-hydroxylation sites is 1. The fourth-order valence-corrected chi connectivity index (χ4v) is 15.9. The van der Waals surface area contributed by atoms with Crippen molar-refractivity contribution in [3.05, 3.63) is 297 Å². The van der Waals surface area contributed by atoms with Crippen LogP contribution >= 0.6 is 0 Å². The van der Waals surface area contributed by atoms with Crippen molar-refractivity contribution in [1.82, 2.24) is 14.5 Å². The zero-order valence-electron chi connectivity index (χ0n) is 40.6. The Morgan fingerprint density at radius 2 is 0.568 bits per heavy atom. The molecule has 2 heterocycles. The maximum Gasteiger partial charge on any atom is 0.235 e. The van der Waals surface area contributed by atoms with Crippen LogP contribution in [0.3, 0.4) is 0 Å². The van der Waals surface area contributed by atoms with Crippen LogP contribution in [0.2, 0.25) is 0 Å². The summed E-state index contributed by atoms with van der Waals surface area (Å²) in [4.78, 5) is 11.1. The molecule has 2 aromatic heterocycles. The summed E-state index contributed by atoms with van der Waals surface area (Å²) in [5, 5.41) is 7.44. The Morgan fingerprint density at radius 3 is 1.03 bits per heavy atom. The average Bonchev–Trinajstić information content (AvgIpc) is 3.86. The van der Waals surface area contributed by atoms with Gasteiger partial charge in [0.25, 0.3) is 0 Å². The molecule has 0 bridgehead atoms. The lowest BCUT2D eigenvalue weighted by atomic mass is 10.0. The summed E-state index contributed by atoms with van der Waals surface area (Å²) < 4.78 is 2.25. The topological polar surface area (TPSA) is 30.7 Å². The van der Waals surface area contributed by atoms with E-state index in [-0.39, 0.29) is 0 Å². The Bertz CT molecular complexity index is 3920. The van der Waals surface area contributed by atoms with Gasteiger partial charge in [-0.25, -0.2) is 9.97 Å². The van der Waals surface area contributed by atoms with E-state index in [9.17, 15) is 0 Å². The van der Waals surface area contributed by atoms with Crippen LogP contribution in [0.15, 0.2) is 297 Å². The van der Waals surface area contributed by atoms with E-state index in [1.54, 1.807) is 0 Å². The van der Waals surface area contributed by atoms with Gasteiger partial charge in [-0.2, -0.15) is 0 Å². The molecule has 4 heteroatoms. The first-order chi connectivity index (χ1) is 36.7. The monoisotopic (exact) mass is 959 g/mol. The molecule has 0 amide bonds. The van der Waals surface area contributed by atoms with E-state index < -0.39 is 8.07 Å². The lowest BCUT2D eigenvalue weighted by Gasteiger charge is -2.35. The van der Waals surface area contributed by atoms with Crippen LogP contribution in [0.4, 0.5) is 0 Å². The van der Waals surface area contributed by atoms with Crippen molar-refractivity contribution < 1.29 is 0 Å². The first-order valence-electron chi connectivity index (χ1n) is 25.3. The zero-order chi connectivity index (χ0) is 49.3. The van der Waals surface area contributed by atoms with Crippen molar-refractivity contribution >= 4 is 50.6 Å². The van der Waals surface area contributed by atoms with Gasteiger partial charge in [-0.05, 0) is 89.5 Å². The fourth-order valence-electron chi connectivity index (χ4n) is 11.0. The van der Waals surface area contributed by atoms with Crippen molar-refractivity contribution in [3.63, 3.8) is 0 Å². The SMILES string of the molecule is c1ccc(-c2cccc([Si](c3cccc(-c4ccccc4)c3)(c3cccc(-c4ccccc4)c3)c3cccc(-c4cc(-c5ccccc5)nc(-n5c6ccccc6c6cc(-c7ccccc7)ccc65)n4)c3)c2)cc1. The quantitative estimate of drug-likeness (QED) is 0.0955. The van der Waals surface area contributed by atoms with Crippen molar-refractivity contribution in [2.75, 3.05) is 0 Å². The largest absolute Gasteiger partial charge is 0.278 e. The highest BCUT2D eigenvalue weighted by Crippen LogP contribution is 2.36. The van der Waals surface area contributed by atoms with Gasteiger partial charge < -0.3 is 0 Å². The van der Waals surface area contributed by atoms with E-state index in [1.165, 1.54) is 65.3 Å². The first kappa shape index (κ1) is 44.5. The molecule has 0 saturated carbocycles. The number of hydrogen-bond donors (Lipinski definition) is 0. The predicted octanol–water partition coefficient (Wildman–Crippen LogP) is 15.0. The number of benzene rings is 11. The van der Waals surface area contributed by atoms with E-state index in [1.807, 2.05) is 0 Å². The molecule has 0 radical (unpaired) electrons. The highest BCUT2D eigenvalue weighted by molar-refractivity contribution is 7.20. The molecule has 348 valence electrons. The second kappa shape index (κ2) is 19.3. The molecule has 0 aliphatic rings. The van der Waals surface area contributed by atoms with Crippen molar-refractivity contribution in [2.45, 2.75) is 0 Å². The molecule has 13 rings (SSSR count). The molecule has 0 aliphatic carbocycles. The molecule has 74 heavy (non-hydrogen) atoms. The van der Waals surface area contributed by atoms with Gasteiger partial charge in [0.1, 0.15) is 0 Å². The summed E-state index contributed by atoms with van der Waals surface area (Å²) in [6.45, 7) is 0. The summed E-state index contributed by atoms with van der Waals surface area (Å²) in [5.41, 5.74) is 15.3. The molecule has 0 spiro atoms. The Hall–Kier alpha value is -9.48. The number of rotatable bonds is 11. The molecule has 3 nitrogen and oxygen atoms in total. The smallest absolute Gasteiger partial charge is 0.235 e. The number of aromatic nitrogens is 3. The normalized spacial score (nSPS) is 11.5. The maximum atomic E-state index is 5.62. The molecule has 0 aliphatic heterocycles. The van der Waals surface area contributed by atoms with Gasteiger partial charge in [0.15, 0.2) is 8.07 Å². The molecule has 0 fully saturated rings. The van der Waals surface area contributed by atoms with Crippen LogP contribution in [0.5, 0.6) is 0 Å². The van der Waals surface area contributed by atoms with E-state index in [4.69, 9.17) is 9.97 Å². The number of fused-ring (bicyclic) bond motifs is 3. The van der Waals surface area contributed by atoms with Gasteiger partial charge in [-0.3, -0.25) is 4.57 Å². The van der Waals surface area contributed by atoms with E-state index in [0.29, 0.717) is 5.95 Å². The summed E-state index contributed by atoms with van der Waals surface area (Å²) in [6, 6.07) is 108. The second-order valence-corrected chi connectivity index (χ2v) is 22.7. The highest BCUT2D eigenvalue weighted by Gasteiger charge is 2.42. The van der Waals surface area contributed by atoms with Gasteiger partial charge >= 0.3 is 0 Å². The molecule has 0 saturated heterocycles. The summed E-state index contributed by atoms with van der Waals surface area (Å²) >= 11 is 0. The van der Waals surface area contributed by atoms with Crippen LogP contribution in [0.1, 0.15) is 0 Å². The van der Waals surface area contributed by atoms with Crippen LogP contribution in [0.25, 0.3) is 94.8 Å². The second-order valence-electron chi connectivity index (χ2n) is 18.9. The van der Waals surface area contributed by atoms with Gasteiger partial charge in [-0.1, -0.05) is 273 Å². The summed E-state index contributed by atoms with van der Waals surface area (Å²) in [6.07, 6.45) is 0. The molecule has 11 aromatic carbocycles. The van der Waals surface area contributed by atoms with Crippen LogP contribution < -0.4 is 20.7 Å². The lowest BCUT2D eigenvalue weighted by molar-refractivity contribution is 0.996. The minimum Gasteiger partial charge on any atom is -0.278 e. The van der Waals surface area contributed by atoms with Crippen molar-refractivity contribution in [3.8, 4) is 73.0 Å². The lowest BCUT2D eigenvalue weighted by Crippen LogP contribution is -2.74. The third-order valence-corrected chi connectivity index (χ3v) is 19.3. The first-order valence-corrected chi connectivity index (χ1v) is 27.3. The fraction of sp³-hybridized carbons (Fsp3) is 0. The van der Waals surface area contributed by atoms with Crippen LogP contribution in [0, 0.1) is 0 Å². The average molecular weight is 960 g/mol. The Labute approximate surface area is 433 Å². The molecular formula is C70H49N3Si. The van der Waals surface area contributed by atoms with Crippen molar-refractivity contribution in [1.29, 1.82) is 0 Å². The van der Waals surface area contributed by atoms with E-state index in [0.717, 1.165) is 44.3 Å². The minimum atomic E-state index is -3.26. The Balaban J connectivity index is 1.08. The highest BCUT2D eigenvalue weighted by atomic mass is 28.3. The molecule has 0 unspecified atom stereocenters. The van der Waals surface area contributed by atoms with E-state index >= 15 is 0 Å². The van der Waals surface area contributed by atoms with Crippen LogP contribution in [-0.4, -0.2) is 22.6 Å². The molecular weight excluding hydrogens is 911 g/mol. The van der Waals surface area contributed by atoms with Gasteiger partial charge in [0.2, 0.25) is 5.95 Å². The number of nitrogens with zero attached hydrogens (tertiary/aromatic N) is 3. The zero-order valence-corrected chi connectivity index (χ0v) is 41.6. The summed E-state index contributed by atoms with van der Waals surface area (Å²) in [7, 11) is -3.26. The Kier molecular flexibility index (Phi) is 11.6. The number of hydrogen-bond acceptors (Lipinski definition) is 2. The van der Waals surface area contributed by atoms with E-state index in [2.05, 4.69) is 302 Å². The predicted molar refractivity (Wildman–Crippen MR) is 313 cm³/mol. The van der Waals surface area contributed by atoms with Gasteiger partial charge in [-0.15, -0.1) is 0 Å². The minimum absolute atomic E-state index is 0.621. The third-order valence-electron chi connectivity index (χ3n) is 14.6. The third kappa shape index (κ3) is 8.14. The van der Waals surface area contributed by atoms with Gasteiger partial charge in [0.05, 0.1) is 22.4 Å². The summed E-state index contributed by atoms with van der Waals surface area (Å²) in [5.74, 6) is 0.621. The maximum absolute atomic E-state index is 5.62. The van der Waals surface area contributed by atoms with Crippen LogP contribution in [-0.2, 0) is 0 Å². The molecule has 0 atom stereocenters.